The molecule has 1 aromatic carbocycles. The lowest BCUT2D eigenvalue weighted by molar-refractivity contribution is 0.101. The average Bonchev–Trinajstić information content (AvgIpc) is 2.42. The van der Waals surface area contributed by atoms with Crippen molar-refractivity contribution >= 4 is 17.5 Å². The van der Waals surface area contributed by atoms with Crippen LogP contribution in [0.15, 0.2) is 23.1 Å². The van der Waals surface area contributed by atoms with Gasteiger partial charge in [-0.2, -0.15) is 0 Å². The van der Waals surface area contributed by atoms with Crippen molar-refractivity contribution in [1.29, 1.82) is 0 Å². The first-order valence-corrected chi connectivity index (χ1v) is 5.77. The number of thioether (sulfide) groups is 1. The Hall–Kier alpha value is -0.760. The summed E-state index contributed by atoms with van der Waals surface area (Å²) in [6.07, 6.45) is 0. The van der Waals surface area contributed by atoms with E-state index in [4.69, 9.17) is 0 Å². The summed E-state index contributed by atoms with van der Waals surface area (Å²) in [4.78, 5) is 12.6. The summed E-state index contributed by atoms with van der Waals surface area (Å²) >= 11 is 1.88. The third-order valence-corrected chi connectivity index (χ3v) is 4.24. The minimum atomic E-state index is 0.153. The van der Waals surface area contributed by atoms with E-state index >= 15 is 0 Å². The summed E-state index contributed by atoms with van der Waals surface area (Å²) in [7, 11) is 0. The molecule has 1 heterocycles. The number of benzene rings is 1. The van der Waals surface area contributed by atoms with Gasteiger partial charge in [-0.1, -0.05) is 19.9 Å². The number of hydrogen-bond acceptors (Lipinski definition) is 2. The van der Waals surface area contributed by atoms with Gasteiger partial charge in [0.05, 0.1) is 0 Å². The van der Waals surface area contributed by atoms with Gasteiger partial charge in [0.15, 0.2) is 5.78 Å². The number of Topliss-reactive ketones (excluding diaryl/α,β-unsaturated/α-hetero) is 1. The summed E-state index contributed by atoms with van der Waals surface area (Å²) < 4.78 is 0. The molecule has 0 N–H and O–H groups in total. The minimum Gasteiger partial charge on any atom is -0.295 e. The maximum atomic E-state index is 11.2. The van der Waals surface area contributed by atoms with Crippen LogP contribution < -0.4 is 0 Å². The van der Waals surface area contributed by atoms with E-state index in [1.165, 1.54) is 10.5 Å². The van der Waals surface area contributed by atoms with E-state index in [1.54, 1.807) is 6.92 Å². The molecule has 2 heteroatoms. The number of fused-ring (bicyclic) bond motifs is 1. The number of carbonyl (C=O) groups excluding carboxylic acids is 1. The molecule has 2 rings (SSSR count). The molecule has 0 saturated heterocycles. The molecule has 1 aromatic rings. The standard InChI is InChI=1S/C12H14OS/c1-8(13)9-4-5-11-10(6-9)12(2,3)7-14-11/h4-6H,7H2,1-3H3. The Bertz CT molecular complexity index is 393. The molecule has 74 valence electrons. The summed E-state index contributed by atoms with van der Waals surface area (Å²) in [6, 6.07) is 6.05. The van der Waals surface area contributed by atoms with Gasteiger partial charge in [-0.25, -0.2) is 0 Å². The Labute approximate surface area is 88.9 Å². The van der Waals surface area contributed by atoms with E-state index in [9.17, 15) is 4.79 Å². The highest BCUT2D eigenvalue weighted by Crippen LogP contribution is 2.43. The van der Waals surface area contributed by atoms with Gasteiger partial charge in [-0.05, 0) is 24.6 Å². The first kappa shape index (κ1) is 9.78. The second-order valence-corrected chi connectivity index (χ2v) is 5.46. The normalized spacial score (nSPS) is 17.9. The fraction of sp³-hybridized carbons (Fsp3) is 0.417. The maximum Gasteiger partial charge on any atom is 0.159 e. The zero-order valence-electron chi connectivity index (χ0n) is 8.76. The van der Waals surface area contributed by atoms with E-state index in [-0.39, 0.29) is 11.2 Å². The van der Waals surface area contributed by atoms with Crippen LogP contribution in [-0.2, 0) is 5.41 Å². The number of ketones is 1. The molecule has 0 saturated carbocycles. The molecular formula is C12H14OS. The summed E-state index contributed by atoms with van der Waals surface area (Å²) in [6.45, 7) is 6.09. The lowest BCUT2D eigenvalue weighted by atomic mass is 9.86. The van der Waals surface area contributed by atoms with Gasteiger partial charge in [-0.15, -0.1) is 11.8 Å². The van der Waals surface area contributed by atoms with Gasteiger partial charge in [0, 0.05) is 21.6 Å². The van der Waals surface area contributed by atoms with Crippen LogP contribution in [-0.4, -0.2) is 11.5 Å². The zero-order chi connectivity index (χ0) is 10.3. The van der Waals surface area contributed by atoms with Gasteiger partial charge >= 0.3 is 0 Å². The summed E-state index contributed by atoms with van der Waals surface area (Å²) in [5, 5.41) is 0. The molecule has 0 unspecified atom stereocenters. The molecule has 14 heavy (non-hydrogen) atoms. The Morgan fingerprint density at radius 3 is 2.79 bits per heavy atom. The van der Waals surface area contributed by atoms with E-state index < -0.39 is 0 Å². The van der Waals surface area contributed by atoms with Crippen molar-refractivity contribution in [2.24, 2.45) is 0 Å². The number of rotatable bonds is 1. The first-order chi connectivity index (χ1) is 6.50. The fourth-order valence-corrected chi connectivity index (χ4v) is 3.07. The van der Waals surface area contributed by atoms with E-state index in [2.05, 4.69) is 26.0 Å². The molecule has 0 bridgehead atoms. The maximum absolute atomic E-state index is 11.2. The zero-order valence-corrected chi connectivity index (χ0v) is 9.57. The van der Waals surface area contributed by atoms with Crippen LogP contribution in [0.25, 0.3) is 0 Å². The lowest BCUT2D eigenvalue weighted by Gasteiger charge is -2.17. The third kappa shape index (κ3) is 1.48. The van der Waals surface area contributed by atoms with Crippen LogP contribution >= 0.6 is 11.8 Å². The van der Waals surface area contributed by atoms with Gasteiger partial charge in [0.2, 0.25) is 0 Å². The Morgan fingerprint density at radius 2 is 2.14 bits per heavy atom. The lowest BCUT2D eigenvalue weighted by Crippen LogP contribution is -2.16. The second-order valence-electron chi connectivity index (χ2n) is 4.44. The van der Waals surface area contributed by atoms with Gasteiger partial charge in [0.1, 0.15) is 0 Å². The van der Waals surface area contributed by atoms with Crippen LogP contribution in [0.1, 0.15) is 36.7 Å². The molecule has 1 nitrogen and oxygen atoms in total. The quantitative estimate of drug-likeness (QED) is 0.656. The summed E-state index contributed by atoms with van der Waals surface area (Å²) in [5.74, 6) is 1.27. The first-order valence-electron chi connectivity index (χ1n) is 4.79. The van der Waals surface area contributed by atoms with E-state index in [0.29, 0.717) is 0 Å². The van der Waals surface area contributed by atoms with Crippen LogP contribution in [0.4, 0.5) is 0 Å². The fourth-order valence-electron chi connectivity index (χ4n) is 1.74. The average molecular weight is 206 g/mol. The molecular weight excluding hydrogens is 192 g/mol. The van der Waals surface area contributed by atoms with Crippen LogP contribution in [0.5, 0.6) is 0 Å². The molecule has 0 radical (unpaired) electrons. The molecule has 0 fully saturated rings. The topological polar surface area (TPSA) is 17.1 Å². The van der Waals surface area contributed by atoms with Crippen molar-refractivity contribution in [3.8, 4) is 0 Å². The van der Waals surface area contributed by atoms with E-state index in [1.807, 2.05) is 17.8 Å². The third-order valence-electron chi connectivity index (χ3n) is 2.70. The van der Waals surface area contributed by atoms with Crippen molar-refractivity contribution < 1.29 is 4.79 Å². The van der Waals surface area contributed by atoms with Gasteiger partial charge < -0.3 is 0 Å². The molecule has 1 aliphatic heterocycles. The number of hydrogen-bond donors (Lipinski definition) is 0. The van der Waals surface area contributed by atoms with Crippen LogP contribution in [0.3, 0.4) is 0 Å². The predicted molar refractivity (Wildman–Crippen MR) is 60.2 cm³/mol. The molecule has 0 amide bonds. The monoisotopic (exact) mass is 206 g/mol. The van der Waals surface area contributed by atoms with Gasteiger partial charge in [-0.3, -0.25) is 4.79 Å². The number of carbonyl (C=O) groups is 1. The molecule has 1 aliphatic rings. The molecule has 0 spiro atoms. The van der Waals surface area contributed by atoms with Crippen LogP contribution in [0, 0.1) is 0 Å². The predicted octanol–water partition coefficient (Wildman–Crippen LogP) is 3.27. The molecule has 0 aromatic heterocycles. The highest BCUT2D eigenvalue weighted by atomic mass is 32.2. The van der Waals surface area contributed by atoms with Crippen LogP contribution in [0.2, 0.25) is 0 Å². The van der Waals surface area contributed by atoms with Crippen molar-refractivity contribution in [1.82, 2.24) is 0 Å². The highest BCUT2D eigenvalue weighted by molar-refractivity contribution is 7.99. The summed E-state index contributed by atoms with van der Waals surface area (Å²) in [5.41, 5.74) is 2.38. The molecule has 0 atom stereocenters. The van der Waals surface area contributed by atoms with Crippen molar-refractivity contribution in [2.45, 2.75) is 31.1 Å². The highest BCUT2D eigenvalue weighted by Gasteiger charge is 2.30. The molecule has 0 aliphatic carbocycles. The van der Waals surface area contributed by atoms with Crippen molar-refractivity contribution in [2.75, 3.05) is 5.75 Å². The second kappa shape index (κ2) is 3.13. The van der Waals surface area contributed by atoms with Crippen molar-refractivity contribution in [3.05, 3.63) is 29.3 Å². The Kier molecular flexibility index (Phi) is 2.18. The van der Waals surface area contributed by atoms with Crippen molar-refractivity contribution in [3.63, 3.8) is 0 Å². The smallest absolute Gasteiger partial charge is 0.159 e. The Balaban J connectivity index is 2.53. The van der Waals surface area contributed by atoms with Gasteiger partial charge in [0.25, 0.3) is 0 Å². The SMILES string of the molecule is CC(=O)c1ccc2c(c1)C(C)(C)CS2. The largest absolute Gasteiger partial charge is 0.295 e. The Morgan fingerprint density at radius 1 is 1.43 bits per heavy atom. The minimum absolute atomic E-state index is 0.153. The van der Waals surface area contributed by atoms with E-state index in [0.717, 1.165) is 11.3 Å².